The molecule has 1 aromatic heterocycles. The third-order valence-corrected chi connectivity index (χ3v) is 7.22. The Bertz CT molecular complexity index is 1370. The van der Waals surface area contributed by atoms with Crippen LogP contribution < -0.4 is 19.9 Å². The van der Waals surface area contributed by atoms with Gasteiger partial charge < -0.3 is 19.9 Å². The fourth-order valence-electron chi connectivity index (χ4n) is 4.86. The van der Waals surface area contributed by atoms with Gasteiger partial charge >= 0.3 is 0 Å². The Balaban J connectivity index is 1.51. The van der Waals surface area contributed by atoms with Crippen molar-refractivity contribution in [3.05, 3.63) is 83.8 Å². The second-order valence-corrected chi connectivity index (χ2v) is 9.99. The quantitative estimate of drug-likeness (QED) is 0.389. The topological polar surface area (TPSA) is 90.9 Å². The van der Waals surface area contributed by atoms with E-state index in [1.165, 1.54) is 12.4 Å². The van der Waals surface area contributed by atoms with Crippen LogP contribution in [0.1, 0.15) is 29.3 Å². The third kappa shape index (κ3) is 7.24. The predicted molar refractivity (Wildman–Crippen MR) is 159 cm³/mol. The molecule has 4 rings (SSSR count). The average Bonchev–Trinajstić information content (AvgIpc) is 2.97. The lowest BCUT2D eigenvalue weighted by Crippen LogP contribution is -2.46. The number of likely N-dealkylation sites (N-methyl/N-ethyl adjacent to an activating group) is 2. The number of ether oxygens (including phenoxy) is 1. The number of methoxy groups -OCH3 is 1. The Morgan fingerprint density at radius 3 is 2.58 bits per heavy atom. The van der Waals surface area contributed by atoms with Crippen molar-refractivity contribution in [2.75, 3.05) is 62.0 Å². The first-order valence-electron chi connectivity index (χ1n) is 13.5. The number of benzene rings is 2. The van der Waals surface area contributed by atoms with Gasteiger partial charge in [-0.2, -0.15) is 0 Å². The van der Waals surface area contributed by atoms with Gasteiger partial charge in [0.2, 0.25) is 11.8 Å². The number of rotatable bonds is 10. The van der Waals surface area contributed by atoms with E-state index in [9.17, 15) is 9.59 Å². The third-order valence-electron chi connectivity index (χ3n) is 7.22. The summed E-state index contributed by atoms with van der Waals surface area (Å²) in [5.41, 5.74) is 5.35. The van der Waals surface area contributed by atoms with Crippen molar-refractivity contribution < 1.29 is 14.3 Å². The van der Waals surface area contributed by atoms with Crippen molar-refractivity contribution in [2.45, 2.75) is 26.7 Å². The molecule has 0 radical (unpaired) electrons. The first-order valence-corrected chi connectivity index (χ1v) is 13.5. The number of amides is 2. The summed E-state index contributed by atoms with van der Waals surface area (Å²) in [4.78, 5) is 40.5. The molecule has 0 unspecified atom stereocenters. The minimum absolute atomic E-state index is 0.0937. The molecule has 2 heterocycles. The Kier molecular flexibility index (Phi) is 9.50. The summed E-state index contributed by atoms with van der Waals surface area (Å²) in [6.45, 7) is 12.7. The smallest absolute Gasteiger partial charge is 0.247 e. The lowest BCUT2D eigenvalue weighted by atomic mass is 10.0. The Labute approximate surface area is 236 Å². The maximum atomic E-state index is 13.1. The molecular weight excluding hydrogens is 504 g/mol. The van der Waals surface area contributed by atoms with Crippen LogP contribution in [0.2, 0.25) is 0 Å². The fraction of sp³-hybridized carbons (Fsp3) is 0.355. The minimum Gasteiger partial charge on any atom is -0.497 e. The molecule has 3 aromatic rings. The minimum atomic E-state index is -0.268. The van der Waals surface area contributed by atoms with E-state index in [0.717, 1.165) is 72.2 Å². The zero-order chi connectivity index (χ0) is 28.6. The summed E-state index contributed by atoms with van der Waals surface area (Å²) < 4.78 is 5.34. The van der Waals surface area contributed by atoms with E-state index >= 15 is 0 Å². The van der Waals surface area contributed by atoms with E-state index in [2.05, 4.69) is 44.7 Å². The second-order valence-electron chi connectivity index (χ2n) is 9.99. The summed E-state index contributed by atoms with van der Waals surface area (Å²) in [5.74, 6) is 0.875. The molecule has 9 nitrogen and oxygen atoms in total. The normalized spacial score (nSPS) is 13.6. The van der Waals surface area contributed by atoms with Gasteiger partial charge in [-0.1, -0.05) is 25.6 Å². The molecule has 1 saturated heterocycles. The van der Waals surface area contributed by atoms with Gasteiger partial charge in [0.05, 0.1) is 19.2 Å². The summed E-state index contributed by atoms with van der Waals surface area (Å²) in [7, 11) is 3.33. The van der Waals surface area contributed by atoms with E-state index in [4.69, 9.17) is 4.74 Å². The molecule has 1 fully saturated rings. The molecule has 0 bridgehead atoms. The number of anilines is 3. The van der Waals surface area contributed by atoms with Crippen LogP contribution in [-0.4, -0.2) is 73.6 Å². The Morgan fingerprint density at radius 2 is 1.88 bits per heavy atom. The molecule has 0 aliphatic carbocycles. The fourth-order valence-corrected chi connectivity index (χ4v) is 4.86. The summed E-state index contributed by atoms with van der Waals surface area (Å²) in [6.07, 6.45) is 3.42. The van der Waals surface area contributed by atoms with Gasteiger partial charge in [-0.15, -0.1) is 0 Å². The maximum Gasteiger partial charge on any atom is 0.247 e. The Hall–Kier alpha value is -4.24. The largest absolute Gasteiger partial charge is 0.497 e. The van der Waals surface area contributed by atoms with Crippen molar-refractivity contribution in [1.82, 2.24) is 14.9 Å². The highest BCUT2D eigenvalue weighted by molar-refractivity contribution is 5.99. The monoisotopic (exact) mass is 542 g/mol. The second kappa shape index (κ2) is 13.2. The van der Waals surface area contributed by atoms with Crippen LogP contribution in [0.4, 0.5) is 17.2 Å². The van der Waals surface area contributed by atoms with E-state index in [-0.39, 0.29) is 18.2 Å². The average molecular weight is 543 g/mol. The summed E-state index contributed by atoms with van der Waals surface area (Å²) >= 11 is 0. The van der Waals surface area contributed by atoms with Crippen LogP contribution in [0.3, 0.4) is 0 Å². The molecule has 2 amide bonds. The van der Waals surface area contributed by atoms with E-state index < -0.39 is 0 Å². The number of nitrogens with zero attached hydrogens (tertiary/aromatic N) is 5. The zero-order valence-corrected chi connectivity index (χ0v) is 23.8. The molecule has 9 heteroatoms. The van der Waals surface area contributed by atoms with E-state index in [1.807, 2.05) is 43.3 Å². The van der Waals surface area contributed by atoms with Crippen LogP contribution >= 0.6 is 0 Å². The van der Waals surface area contributed by atoms with Gasteiger partial charge in [-0.3, -0.25) is 14.5 Å². The molecule has 0 saturated carbocycles. The van der Waals surface area contributed by atoms with Crippen molar-refractivity contribution in [1.29, 1.82) is 0 Å². The van der Waals surface area contributed by atoms with Gasteiger partial charge in [0, 0.05) is 57.1 Å². The lowest BCUT2D eigenvalue weighted by Gasteiger charge is -2.35. The number of piperazine rings is 1. The van der Waals surface area contributed by atoms with Crippen molar-refractivity contribution in [3.8, 4) is 5.75 Å². The van der Waals surface area contributed by atoms with Crippen LogP contribution in [-0.2, 0) is 22.4 Å². The summed E-state index contributed by atoms with van der Waals surface area (Å²) in [6, 6.07) is 13.7. The van der Waals surface area contributed by atoms with Crippen molar-refractivity contribution in [2.24, 2.45) is 0 Å². The van der Waals surface area contributed by atoms with Crippen LogP contribution in [0.15, 0.2) is 61.4 Å². The standard InChI is InChI=1S/C31H38N6O3/c1-6-30(38)34-28-20-26(37-12-10-36(7-2)11-13-37)9-8-24(28)18-25-19-29(33-21-32-25)35(4)31(39)17-23-14-22(3)15-27(16-23)40-5/h6,8-9,14-16,19-21H,1,7,10-13,17-18H2,2-5H3,(H,34,38). The number of carbonyl (C=O) groups is 2. The number of aromatic nitrogens is 2. The van der Waals surface area contributed by atoms with Gasteiger partial charge in [-0.05, 0) is 60.5 Å². The van der Waals surface area contributed by atoms with Crippen molar-refractivity contribution >= 4 is 29.0 Å². The molecule has 210 valence electrons. The van der Waals surface area contributed by atoms with Crippen LogP contribution in [0.25, 0.3) is 0 Å². The SMILES string of the molecule is C=CC(=O)Nc1cc(N2CCN(CC)CC2)ccc1Cc1cc(N(C)C(=O)Cc2cc(C)cc(OC)c2)ncn1. The highest BCUT2D eigenvalue weighted by Gasteiger charge is 2.19. The maximum absolute atomic E-state index is 13.1. The predicted octanol–water partition coefficient (Wildman–Crippen LogP) is 3.86. The zero-order valence-electron chi connectivity index (χ0n) is 23.8. The molecule has 1 N–H and O–H groups in total. The molecule has 40 heavy (non-hydrogen) atoms. The van der Waals surface area contributed by atoms with Gasteiger partial charge in [-0.25, -0.2) is 9.97 Å². The molecule has 0 atom stereocenters. The lowest BCUT2D eigenvalue weighted by molar-refractivity contribution is -0.117. The molecule has 2 aromatic carbocycles. The van der Waals surface area contributed by atoms with Gasteiger partial charge in [0.1, 0.15) is 17.9 Å². The molecular formula is C31H38N6O3. The number of hydrogen-bond acceptors (Lipinski definition) is 7. The molecule has 0 spiro atoms. The number of nitrogens with one attached hydrogen (secondary N) is 1. The number of carbonyl (C=O) groups excluding carboxylic acids is 2. The highest BCUT2D eigenvalue weighted by atomic mass is 16.5. The highest BCUT2D eigenvalue weighted by Crippen LogP contribution is 2.27. The Morgan fingerprint density at radius 1 is 1.10 bits per heavy atom. The van der Waals surface area contributed by atoms with Gasteiger partial charge in [0.25, 0.3) is 0 Å². The molecule has 1 aliphatic heterocycles. The first-order chi connectivity index (χ1) is 19.3. The number of aryl methyl sites for hydroxylation is 1. The van der Waals surface area contributed by atoms with Crippen molar-refractivity contribution in [3.63, 3.8) is 0 Å². The summed E-state index contributed by atoms with van der Waals surface area (Å²) in [5, 5.41) is 2.96. The van der Waals surface area contributed by atoms with Crippen LogP contribution in [0, 0.1) is 6.92 Å². The van der Waals surface area contributed by atoms with Crippen LogP contribution in [0.5, 0.6) is 5.75 Å². The molecule has 1 aliphatic rings. The number of hydrogen-bond donors (Lipinski definition) is 1. The first kappa shape index (κ1) is 28.8. The van der Waals surface area contributed by atoms with E-state index in [1.54, 1.807) is 19.1 Å². The van der Waals surface area contributed by atoms with E-state index in [0.29, 0.717) is 12.2 Å². The van der Waals surface area contributed by atoms with Gasteiger partial charge in [0.15, 0.2) is 0 Å².